The van der Waals surface area contributed by atoms with Crippen LogP contribution in [0.3, 0.4) is 0 Å². The Morgan fingerprint density at radius 3 is 2.84 bits per heavy atom. The summed E-state index contributed by atoms with van der Waals surface area (Å²) in [7, 11) is 1.59. The second kappa shape index (κ2) is 6.58. The first-order valence-corrected chi connectivity index (χ1v) is 7.13. The molecule has 0 aliphatic carbocycles. The number of anilines is 1. The van der Waals surface area contributed by atoms with Crippen molar-refractivity contribution in [3.8, 4) is 5.88 Å². The average Bonchev–Trinajstić information content (AvgIpc) is 2.45. The number of nitrogens with one attached hydrogen (secondary N) is 1. The van der Waals surface area contributed by atoms with Crippen molar-refractivity contribution in [2.45, 2.75) is 11.7 Å². The highest BCUT2D eigenvalue weighted by Crippen LogP contribution is 2.17. The van der Waals surface area contributed by atoms with Crippen LogP contribution >= 0.6 is 23.4 Å². The van der Waals surface area contributed by atoms with Crippen molar-refractivity contribution < 1.29 is 4.74 Å². The minimum Gasteiger partial charge on any atom is -0.481 e. The predicted molar refractivity (Wildman–Crippen MR) is 76.9 cm³/mol. The summed E-state index contributed by atoms with van der Waals surface area (Å²) in [5.74, 6) is 1.29. The molecule has 100 valence electrons. The third-order valence-electron chi connectivity index (χ3n) is 2.34. The number of pyridine rings is 1. The van der Waals surface area contributed by atoms with Gasteiger partial charge in [0.1, 0.15) is 11.0 Å². The molecule has 0 radical (unpaired) electrons. The molecule has 0 spiro atoms. The van der Waals surface area contributed by atoms with Gasteiger partial charge in [0.2, 0.25) is 5.88 Å². The van der Waals surface area contributed by atoms with Crippen molar-refractivity contribution in [3.05, 3.63) is 35.1 Å². The molecule has 2 rings (SSSR count). The zero-order chi connectivity index (χ0) is 13.7. The van der Waals surface area contributed by atoms with Gasteiger partial charge >= 0.3 is 0 Å². The van der Waals surface area contributed by atoms with Gasteiger partial charge in [-0.25, -0.2) is 15.0 Å². The fourth-order valence-corrected chi connectivity index (χ4v) is 2.02. The van der Waals surface area contributed by atoms with Crippen molar-refractivity contribution in [3.63, 3.8) is 0 Å². The molecule has 2 aromatic rings. The third-order valence-corrected chi connectivity index (χ3v) is 3.08. The topological polar surface area (TPSA) is 59.9 Å². The summed E-state index contributed by atoms with van der Waals surface area (Å²) in [6.07, 6.45) is 3.66. The molecule has 0 saturated carbocycles. The SMILES string of the molecule is COc1ccc(CNc2cc(Cl)nc(SC)n2)cn1. The Bertz CT molecular complexity index is 550. The van der Waals surface area contributed by atoms with Crippen LogP contribution in [0.15, 0.2) is 29.6 Å². The fraction of sp³-hybridized carbons (Fsp3) is 0.250. The first kappa shape index (κ1) is 13.9. The van der Waals surface area contributed by atoms with E-state index in [1.54, 1.807) is 19.4 Å². The van der Waals surface area contributed by atoms with Crippen molar-refractivity contribution in [1.29, 1.82) is 0 Å². The van der Waals surface area contributed by atoms with Gasteiger partial charge in [-0.15, -0.1) is 0 Å². The van der Waals surface area contributed by atoms with E-state index in [1.165, 1.54) is 11.8 Å². The lowest BCUT2D eigenvalue weighted by Crippen LogP contribution is -2.03. The van der Waals surface area contributed by atoms with Crippen LogP contribution in [-0.2, 0) is 6.54 Å². The Morgan fingerprint density at radius 2 is 2.21 bits per heavy atom. The molecule has 0 fully saturated rings. The first-order valence-electron chi connectivity index (χ1n) is 5.52. The summed E-state index contributed by atoms with van der Waals surface area (Å²) in [4.78, 5) is 12.5. The van der Waals surface area contributed by atoms with E-state index in [4.69, 9.17) is 16.3 Å². The largest absolute Gasteiger partial charge is 0.481 e. The molecule has 0 saturated heterocycles. The van der Waals surface area contributed by atoms with Crippen LogP contribution in [0.2, 0.25) is 5.15 Å². The number of thioether (sulfide) groups is 1. The second-order valence-corrected chi connectivity index (χ2v) is 4.79. The van der Waals surface area contributed by atoms with Gasteiger partial charge in [0, 0.05) is 24.9 Å². The van der Waals surface area contributed by atoms with Gasteiger partial charge in [-0.3, -0.25) is 0 Å². The van der Waals surface area contributed by atoms with E-state index in [0.29, 0.717) is 28.6 Å². The van der Waals surface area contributed by atoms with Gasteiger partial charge in [0.15, 0.2) is 5.16 Å². The Morgan fingerprint density at radius 1 is 1.37 bits per heavy atom. The Kier molecular flexibility index (Phi) is 4.81. The first-order chi connectivity index (χ1) is 9.21. The summed E-state index contributed by atoms with van der Waals surface area (Å²) in [5.41, 5.74) is 1.03. The maximum absolute atomic E-state index is 5.92. The molecular formula is C12H13ClN4OS. The Balaban J connectivity index is 2.03. The number of nitrogens with zero attached hydrogens (tertiary/aromatic N) is 3. The van der Waals surface area contributed by atoms with Crippen molar-refractivity contribution in [1.82, 2.24) is 15.0 Å². The number of rotatable bonds is 5. The molecule has 2 aromatic heterocycles. The summed E-state index contributed by atoms with van der Waals surface area (Å²) in [6, 6.07) is 5.45. The highest BCUT2D eigenvalue weighted by atomic mass is 35.5. The molecule has 0 atom stereocenters. The van der Waals surface area contributed by atoms with Crippen LogP contribution in [0.1, 0.15) is 5.56 Å². The Hall–Kier alpha value is -1.53. The third kappa shape index (κ3) is 3.97. The summed E-state index contributed by atoms with van der Waals surface area (Å²) in [5, 5.41) is 4.25. The van der Waals surface area contributed by atoms with E-state index < -0.39 is 0 Å². The van der Waals surface area contributed by atoms with E-state index in [2.05, 4.69) is 20.3 Å². The number of hydrogen-bond donors (Lipinski definition) is 1. The van der Waals surface area contributed by atoms with Crippen LogP contribution in [0.5, 0.6) is 5.88 Å². The fourth-order valence-electron chi connectivity index (χ4n) is 1.41. The molecule has 0 aromatic carbocycles. The Labute approximate surface area is 120 Å². The quantitative estimate of drug-likeness (QED) is 0.520. The van der Waals surface area contributed by atoms with Gasteiger partial charge in [-0.2, -0.15) is 0 Å². The summed E-state index contributed by atoms with van der Waals surface area (Å²) < 4.78 is 5.01. The van der Waals surface area contributed by atoms with Crippen LogP contribution < -0.4 is 10.1 Å². The molecule has 2 heterocycles. The lowest BCUT2D eigenvalue weighted by Gasteiger charge is -2.07. The van der Waals surface area contributed by atoms with Gasteiger partial charge < -0.3 is 10.1 Å². The molecule has 7 heteroatoms. The normalized spacial score (nSPS) is 10.3. The van der Waals surface area contributed by atoms with E-state index in [1.807, 2.05) is 18.4 Å². The molecule has 1 N–H and O–H groups in total. The number of aromatic nitrogens is 3. The van der Waals surface area contributed by atoms with Crippen LogP contribution in [-0.4, -0.2) is 28.3 Å². The van der Waals surface area contributed by atoms with Gasteiger partial charge in [-0.1, -0.05) is 29.4 Å². The average molecular weight is 297 g/mol. The maximum Gasteiger partial charge on any atom is 0.212 e. The summed E-state index contributed by atoms with van der Waals surface area (Å²) in [6.45, 7) is 0.609. The molecule has 5 nitrogen and oxygen atoms in total. The lowest BCUT2D eigenvalue weighted by atomic mass is 10.3. The number of hydrogen-bond acceptors (Lipinski definition) is 6. The van der Waals surface area contributed by atoms with E-state index in [0.717, 1.165) is 5.56 Å². The zero-order valence-corrected chi connectivity index (χ0v) is 12.1. The predicted octanol–water partition coefficient (Wildman–Crippen LogP) is 2.87. The van der Waals surface area contributed by atoms with Crippen LogP contribution in [0.25, 0.3) is 0 Å². The minimum atomic E-state index is 0.426. The lowest BCUT2D eigenvalue weighted by molar-refractivity contribution is 0.397. The van der Waals surface area contributed by atoms with Crippen molar-refractivity contribution >= 4 is 29.2 Å². The van der Waals surface area contributed by atoms with Gasteiger partial charge in [0.25, 0.3) is 0 Å². The van der Waals surface area contributed by atoms with Crippen LogP contribution in [0, 0.1) is 0 Å². The standard InChI is InChI=1S/C12H13ClN4OS/c1-18-11-4-3-8(7-15-11)6-14-10-5-9(13)16-12(17-10)19-2/h3-5,7H,6H2,1-2H3,(H,14,16,17). The summed E-state index contributed by atoms with van der Waals surface area (Å²) >= 11 is 7.36. The van der Waals surface area contributed by atoms with E-state index in [9.17, 15) is 0 Å². The van der Waals surface area contributed by atoms with Crippen molar-refractivity contribution in [2.24, 2.45) is 0 Å². The van der Waals surface area contributed by atoms with Gasteiger partial charge in [0.05, 0.1) is 7.11 Å². The maximum atomic E-state index is 5.92. The second-order valence-electron chi connectivity index (χ2n) is 3.62. The molecule has 0 bridgehead atoms. The van der Waals surface area contributed by atoms with Crippen LogP contribution in [0.4, 0.5) is 5.82 Å². The smallest absolute Gasteiger partial charge is 0.212 e. The number of ether oxygens (including phenoxy) is 1. The van der Waals surface area contributed by atoms with E-state index >= 15 is 0 Å². The number of methoxy groups -OCH3 is 1. The molecule has 19 heavy (non-hydrogen) atoms. The van der Waals surface area contributed by atoms with Gasteiger partial charge in [-0.05, 0) is 11.8 Å². The molecule has 0 aliphatic rings. The monoisotopic (exact) mass is 296 g/mol. The zero-order valence-electron chi connectivity index (χ0n) is 10.6. The molecule has 0 aliphatic heterocycles. The number of halogens is 1. The van der Waals surface area contributed by atoms with E-state index in [-0.39, 0.29) is 0 Å². The molecule has 0 unspecified atom stereocenters. The molecule has 0 amide bonds. The highest BCUT2D eigenvalue weighted by Gasteiger charge is 2.02. The van der Waals surface area contributed by atoms with Crippen molar-refractivity contribution in [2.75, 3.05) is 18.7 Å². The molecular weight excluding hydrogens is 284 g/mol. The minimum absolute atomic E-state index is 0.426. The highest BCUT2D eigenvalue weighted by molar-refractivity contribution is 7.98.